The quantitative estimate of drug-likeness (QED) is 0.643. The van der Waals surface area contributed by atoms with Crippen molar-refractivity contribution in [3.05, 3.63) is 23.8 Å². The average Bonchev–Trinajstić information content (AvgIpc) is 2.05. The first-order chi connectivity index (χ1) is 5.24. The van der Waals surface area contributed by atoms with Crippen LogP contribution in [0.5, 0.6) is 0 Å². The molecule has 1 aliphatic rings. The molecule has 0 bridgehead atoms. The molecule has 11 heavy (non-hydrogen) atoms. The van der Waals surface area contributed by atoms with Gasteiger partial charge in [0.25, 0.3) is 0 Å². The molecule has 1 atom stereocenters. The van der Waals surface area contributed by atoms with Crippen molar-refractivity contribution in [3.8, 4) is 0 Å². The molecule has 0 amide bonds. The van der Waals surface area contributed by atoms with E-state index in [1.165, 1.54) is 11.1 Å². The van der Waals surface area contributed by atoms with E-state index in [4.69, 9.17) is 5.11 Å². The molecule has 0 aromatic rings. The van der Waals surface area contributed by atoms with Gasteiger partial charge in [-0.05, 0) is 37.7 Å². The summed E-state index contributed by atoms with van der Waals surface area (Å²) >= 11 is 0. The maximum atomic E-state index is 8.86. The number of hydrogen-bond acceptors (Lipinski definition) is 1. The summed E-state index contributed by atoms with van der Waals surface area (Å²) in [6.45, 7) is 6.28. The Kier molecular flexibility index (Phi) is 2.89. The van der Waals surface area contributed by atoms with Gasteiger partial charge in [-0.3, -0.25) is 0 Å². The molecule has 62 valence electrons. The van der Waals surface area contributed by atoms with E-state index in [2.05, 4.69) is 12.7 Å². The van der Waals surface area contributed by atoms with Crippen molar-refractivity contribution in [2.75, 3.05) is 6.61 Å². The Morgan fingerprint density at radius 1 is 1.82 bits per heavy atom. The third-order valence-corrected chi connectivity index (χ3v) is 2.33. The molecular weight excluding hydrogens is 136 g/mol. The van der Waals surface area contributed by atoms with Crippen molar-refractivity contribution >= 4 is 0 Å². The minimum atomic E-state index is 0.333. The summed E-state index contributed by atoms with van der Waals surface area (Å²) in [6, 6.07) is 0. The van der Waals surface area contributed by atoms with Crippen molar-refractivity contribution in [1.29, 1.82) is 0 Å². The van der Waals surface area contributed by atoms with Gasteiger partial charge in [-0.15, -0.1) is 0 Å². The van der Waals surface area contributed by atoms with Crippen molar-refractivity contribution in [3.63, 3.8) is 0 Å². The lowest BCUT2D eigenvalue weighted by Crippen LogP contribution is -2.09. The maximum absolute atomic E-state index is 8.86. The summed E-state index contributed by atoms with van der Waals surface area (Å²) in [5, 5.41) is 8.86. The van der Waals surface area contributed by atoms with Gasteiger partial charge in [0.2, 0.25) is 0 Å². The summed E-state index contributed by atoms with van der Waals surface area (Å²) in [5.41, 5.74) is 2.57. The molecule has 0 saturated carbocycles. The van der Waals surface area contributed by atoms with Crippen molar-refractivity contribution in [1.82, 2.24) is 0 Å². The topological polar surface area (TPSA) is 20.2 Å². The summed E-state index contributed by atoms with van der Waals surface area (Å²) < 4.78 is 0. The molecular formula is C10H16O. The molecule has 1 rings (SSSR count). The number of aliphatic hydroxyl groups excluding tert-OH is 1. The molecule has 1 N–H and O–H groups in total. The molecule has 0 aromatic carbocycles. The van der Waals surface area contributed by atoms with Gasteiger partial charge in [0.15, 0.2) is 0 Å². The Bertz CT molecular complexity index is 179. The predicted octanol–water partition coefficient (Wildman–Crippen LogP) is 2.28. The third kappa shape index (κ3) is 2.19. The van der Waals surface area contributed by atoms with Crippen molar-refractivity contribution in [2.24, 2.45) is 5.92 Å². The van der Waals surface area contributed by atoms with Gasteiger partial charge in [-0.25, -0.2) is 0 Å². The van der Waals surface area contributed by atoms with Crippen LogP contribution in [0.3, 0.4) is 0 Å². The lowest BCUT2D eigenvalue weighted by Gasteiger charge is -2.19. The van der Waals surface area contributed by atoms with E-state index in [0.717, 1.165) is 19.3 Å². The second kappa shape index (κ2) is 3.72. The molecule has 0 aliphatic heterocycles. The lowest BCUT2D eigenvalue weighted by molar-refractivity contribution is 0.216. The Labute approximate surface area is 68.4 Å². The van der Waals surface area contributed by atoms with E-state index in [-0.39, 0.29) is 0 Å². The lowest BCUT2D eigenvalue weighted by atomic mass is 9.88. The SMILES string of the molecule is C=C(C)C1=CCC(CO)CC1. The Hall–Kier alpha value is -0.560. The summed E-state index contributed by atoms with van der Waals surface area (Å²) in [5.74, 6) is 0.498. The zero-order chi connectivity index (χ0) is 8.27. The number of rotatable bonds is 2. The van der Waals surface area contributed by atoms with E-state index in [0.29, 0.717) is 12.5 Å². The highest BCUT2D eigenvalue weighted by molar-refractivity contribution is 5.27. The van der Waals surface area contributed by atoms with Crippen LogP contribution in [-0.2, 0) is 0 Å². The second-order valence-electron chi connectivity index (χ2n) is 3.33. The standard InChI is InChI=1S/C10H16O/c1-8(2)10-5-3-9(7-11)4-6-10/h5,9,11H,1,3-4,6-7H2,2H3. The molecule has 0 spiro atoms. The van der Waals surface area contributed by atoms with Crippen LogP contribution in [0.1, 0.15) is 26.2 Å². The summed E-state index contributed by atoms with van der Waals surface area (Å²) in [6.07, 6.45) is 5.46. The van der Waals surface area contributed by atoms with Gasteiger partial charge >= 0.3 is 0 Å². The first-order valence-electron chi connectivity index (χ1n) is 4.20. The van der Waals surface area contributed by atoms with Crippen LogP contribution in [0.4, 0.5) is 0 Å². The van der Waals surface area contributed by atoms with Gasteiger partial charge in [-0.1, -0.05) is 18.2 Å². The van der Waals surface area contributed by atoms with Crippen LogP contribution in [0.2, 0.25) is 0 Å². The molecule has 1 unspecified atom stereocenters. The highest BCUT2D eigenvalue weighted by Gasteiger charge is 2.12. The fourth-order valence-corrected chi connectivity index (χ4v) is 1.44. The largest absolute Gasteiger partial charge is 0.396 e. The maximum Gasteiger partial charge on any atom is 0.0462 e. The predicted molar refractivity (Wildman–Crippen MR) is 47.3 cm³/mol. The minimum absolute atomic E-state index is 0.333. The number of aliphatic hydroxyl groups is 1. The fourth-order valence-electron chi connectivity index (χ4n) is 1.44. The molecule has 1 aliphatic carbocycles. The summed E-state index contributed by atoms with van der Waals surface area (Å²) in [4.78, 5) is 0. The van der Waals surface area contributed by atoms with E-state index >= 15 is 0 Å². The van der Waals surface area contributed by atoms with Crippen LogP contribution in [0.15, 0.2) is 23.8 Å². The molecule has 0 aromatic heterocycles. The monoisotopic (exact) mass is 152 g/mol. The van der Waals surface area contributed by atoms with E-state index in [1.54, 1.807) is 0 Å². The Balaban J connectivity index is 2.50. The van der Waals surface area contributed by atoms with Crippen LogP contribution >= 0.6 is 0 Å². The zero-order valence-electron chi connectivity index (χ0n) is 7.14. The smallest absolute Gasteiger partial charge is 0.0462 e. The van der Waals surface area contributed by atoms with E-state index in [1.807, 2.05) is 6.92 Å². The molecule has 0 radical (unpaired) electrons. The fraction of sp³-hybridized carbons (Fsp3) is 0.600. The first-order valence-corrected chi connectivity index (χ1v) is 4.20. The van der Waals surface area contributed by atoms with Crippen molar-refractivity contribution < 1.29 is 5.11 Å². The minimum Gasteiger partial charge on any atom is -0.396 e. The first kappa shape index (κ1) is 8.54. The molecule has 1 nitrogen and oxygen atoms in total. The average molecular weight is 152 g/mol. The van der Waals surface area contributed by atoms with E-state index < -0.39 is 0 Å². The van der Waals surface area contributed by atoms with Gasteiger partial charge < -0.3 is 5.11 Å². The zero-order valence-corrected chi connectivity index (χ0v) is 7.14. The van der Waals surface area contributed by atoms with Crippen LogP contribution in [0.25, 0.3) is 0 Å². The van der Waals surface area contributed by atoms with Crippen LogP contribution in [-0.4, -0.2) is 11.7 Å². The molecule has 1 heteroatoms. The Morgan fingerprint density at radius 3 is 2.91 bits per heavy atom. The number of hydrogen-bond donors (Lipinski definition) is 1. The van der Waals surface area contributed by atoms with Crippen molar-refractivity contribution in [2.45, 2.75) is 26.2 Å². The molecule has 0 fully saturated rings. The van der Waals surface area contributed by atoms with Gasteiger partial charge in [0.05, 0.1) is 0 Å². The second-order valence-corrected chi connectivity index (χ2v) is 3.33. The normalized spacial score (nSPS) is 24.5. The molecule has 0 heterocycles. The van der Waals surface area contributed by atoms with Gasteiger partial charge in [0, 0.05) is 6.61 Å². The van der Waals surface area contributed by atoms with Gasteiger partial charge in [-0.2, -0.15) is 0 Å². The van der Waals surface area contributed by atoms with Crippen LogP contribution < -0.4 is 0 Å². The van der Waals surface area contributed by atoms with E-state index in [9.17, 15) is 0 Å². The third-order valence-electron chi connectivity index (χ3n) is 2.33. The summed E-state index contributed by atoms with van der Waals surface area (Å²) in [7, 11) is 0. The highest BCUT2D eigenvalue weighted by Crippen LogP contribution is 2.26. The molecule has 0 saturated heterocycles. The highest BCUT2D eigenvalue weighted by atomic mass is 16.3. The van der Waals surface area contributed by atoms with Gasteiger partial charge in [0.1, 0.15) is 0 Å². The van der Waals surface area contributed by atoms with Crippen LogP contribution in [0, 0.1) is 5.92 Å². The Morgan fingerprint density at radius 2 is 2.55 bits per heavy atom. The number of allylic oxidation sites excluding steroid dienone is 3.